The second-order valence-corrected chi connectivity index (χ2v) is 8.02. The van der Waals surface area contributed by atoms with Crippen molar-refractivity contribution < 1.29 is 4.79 Å². The zero-order valence-electron chi connectivity index (χ0n) is 14.9. The van der Waals surface area contributed by atoms with Crippen molar-refractivity contribution in [2.75, 3.05) is 19.6 Å². The topological polar surface area (TPSA) is 23.6 Å². The van der Waals surface area contributed by atoms with E-state index in [4.69, 9.17) is 0 Å². The number of piperidine rings is 1. The Kier molecular flexibility index (Phi) is 4.62. The first kappa shape index (κ1) is 16.1. The first-order valence-electron chi connectivity index (χ1n) is 9.84. The van der Waals surface area contributed by atoms with Gasteiger partial charge in [0.2, 0.25) is 5.91 Å². The molecule has 5 rings (SSSR count). The van der Waals surface area contributed by atoms with Crippen molar-refractivity contribution >= 4 is 5.91 Å². The highest BCUT2D eigenvalue weighted by Crippen LogP contribution is 2.33. The molecule has 3 nitrogen and oxygen atoms in total. The molecule has 24 heavy (non-hydrogen) atoms. The molecule has 130 valence electrons. The average Bonchev–Trinajstić information content (AvgIpc) is 2.85. The molecule has 4 aliphatic rings. The Morgan fingerprint density at radius 3 is 2.54 bits per heavy atom. The van der Waals surface area contributed by atoms with Crippen LogP contribution in [0.1, 0.15) is 50.2 Å². The molecule has 3 aliphatic heterocycles. The number of rotatable bonds is 4. The number of hydrogen-bond acceptors (Lipinski definition) is 2. The molecule has 3 heterocycles. The molecule has 1 aliphatic carbocycles. The number of nitrogens with zero attached hydrogens (tertiary/aromatic N) is 2. The Morgan fingerprint density at radius 1 is 1.04 bits per heavy atom. The molecular weight excluding hydrogens is 296 g/mol. The van der Waals surface area contributed by atoms with Gasteiger partial charge in [-0.05, 0) is 49.1 Å². The van der Waals surface area contributed by atoms with Crippen molar-refractivity contribution in [3.05, 3.63) is 35.4 Å². The Morgan fingerprint density at radius 2 is 1.83 bits per heavy atom. The fourth-order valence-electron chi connectivity index (χ4n) is 4.74. The van der Waals surface area contributed by atoms with Crippen molar-refractivity contribution in [2.24, 2.45) is 11.8 Å². The van der Waals surface area contributed by atoms with E-state index >= 15 is 0 Å². The molecule has 0 radical (unpaired) electrons. The van der Waals surface area contributed by atoms with Gasteiger partial charge in [0, 0.05) is 38.1 Å². The molecule has 0 spiro atoms. The van der Waals surface area contributed by atoms with Crippen molar-refractivity contribution in [3.8, 4) is 0 Å². The highest BCUT2D eigenvalue weighted by molar-refractivity contribution is 5.79. The lowest BCUT2D eigenvalue weighted by atomic mass is 9.84. The van der Waals surface area contributed by atoms with Gasteiger partial charge in [0.05, 0.1) is 0 Å². The summed E-state index contributed by atoms with van der Waals surface area (Å²) in [5.74, 6) is 1.47. The Bertz CT molecular complexity index is 595. The van der Waals surface area contributed by atoms with Gasteiger partial charge in [0.1, 0.15) is 0 Å². The van der Waals surface area contributed by atoms with E-state index in [1.165, 1.54) is 30.4 Å². The average molecular weight is 326 g/mol. The van der Waals surface area contributed by atoms with Gasteiger partial charge in [-0.2, -0.15) is 0 Å². The fourth-order valence-corrected chi connectivity index (χ4v) is 4.74. The van der Waals surface area contributed by atoms with Gasteiger partial charge >= 0.3 is 0 Å². The summed E-state index contributed by atoms with van der Waals surface area (Å²) >= 11 is 0. The molecule has 1 saturated carbocycles. The molecule has 0 N–H and O–H groups in total. The third kappa shape index (κ3) is 3.11. The summed E-state index contributed by atoms with van der Waals surface area (Å²) in [7, 11) is 0. The SMILES string of the molecule is CCc1ccccc1CN1C[C@@H]2CC[C@H]1CN(C(=O)C1CCC1)C2. The van der Waals surface area contributed by atoms with E-state index in [0.29, 0.717) is 23.8 Å². The maximum Gasteiger partial charge on any atom is 0.225 e. The molecule has 0 unspecified atom stereocenters. The fraction of sp³-hybridized carbons (Fsp3) is 0.667. The quantitative estimate of drug-likeness (QED) is 0.846. The van der Waals surface area contributed by atoms with E-state index in [9.17, 15) is 4.79 Å². The zero-order valence-corrected chi connectivity index (χ0v) is 14.9. The van der Waals surface area contributed by atoms with Crippen LogP contribution in [0.3, 0.4) is 0 Å². The highest BCUT2D eigenvalue weighted by atomic mass is 16.2. The number of fused-ring (bicyclic) bond motifs is 4. The van der Waals surface area contributed by atoms with Gasteiger partial charge in [0.25, 0.3) is 0 Å². The van der Waals surface area contributed by atoms with Gasteiger partial charge < -0.3 is 4.90 Å². The first-order chi connectivity index (χ1) is 11.7. The molecule has 0 aromatic heterocycles. The van der Waals surface area contributed by atoms with Crippen LogP contribution in [0.4, 0.5) is 0 Å². The van der Waals surface area contributed by atoms with Crippen molar-refractivity contribution in [2.45, 2.75) is 58.0 Å². The van der Waals surface area contributed by atoms with Crippen LogP contribution in [-0.4, -0.2) is 41.4 Å². The monoisotopic (exact) mass is 326 g/mol. The first-order valence-corrected chi connectivity index (χ1v) is 9.84. The van der Waals surface area contributed by atoms with E-state index in [2.05, 4.69) is 41.0 Å². The number of benzene rings is 1. The van der Waals surface area contributed by atoms with Gasteiger partial charge in [-0.15, -0.1) is 0 Å². The van der Waals surface area contributed by atoms with Crippen LogP contribution < -0.4 is 0 Å². The summed E-state index contributed by atoms with van der Waals surface area (Å²) < 4.78 is 0. The number of amides is 1. The number of carbonyl (C=O) groups is 1. The van der Waals surface area contributed by atoms with Gasteiger partial charge in [-0.3, -0.25) is 9.69 Å². The van der Waals surface area contributed by atoms with E-state index < -0.39 is 0 Å². The van der Waals surface area contributed by atoms with Crippen LogP contribution in [-0.2, 0) is 17.8 Å². The third-order valence-electron chi connectivity index (χ3n) is 6.47. The summed E-state index contributed by atoms with van der Waals surface area (Å²) in [6.45, 7) is 6.41. The van der Waals surface area contributed by atoms with E-state index in [1.54, 1.807) is 0 Å². The number of carbonyl (C=O) groups excluding carboxylic acids is 1. The summed E-state index contributed by atoms with van der Waals surface area (Å²) in [5, 5.41) is 0. The molecular formula is C21H30N2O. The van der Waals surface area contributed by atoms with Gasteiger partial charge in [0.15, 0.2) is 0 Å². The van der Waals surface area contributed by atoms with Crippen LogP contribution in [0, 0.1) is 11.8 Å². The van der Waals surface area contributed by atoms with Crippen LogP contribution in [0.2, 0.25) is 0 Å². The minimum absolute atomic E-state index is 0.344. The van der Waals surface area contributed by atoms with E-state index in [1.807, 2.05) is 0 Å². The second kappa shape index (κ2) is 6.87. The van der Waals surface area contributed by atoms with Crippen molar-refractivity contribution in [1.82, 2.24) is 9.80 Å². The minimum atomic E-state index is 0.344. The molecule has 1 amide bonds. The maximum absolute atomic E-state index is 12.7. The van der Waals surface area contributed by atoms with Crippen LogP contribution in [0.15, 0.2) is 24.3 Å². The molecule has 2 bridgehead atoms. The second-order valence-electron chi connectivity index (χ2n) is 8.02. The predicted molar refractivity (Wildman–Crippen MR) is 96.7 cm³/mol. The lowest BCUT2D eigenvalue weighted by molar-refractivity contribution is -0.138. The summed E-state index contributed by atoms with van der Waals surface area (Å²) in [6, 6.07) is 9.41. The molecule has 3 saturated heterocycles. The standard InChI is InChI=1S/C21H30N2O/c1-2-17-6-3-4-7-19(17)14-22-12-16-10-11-20(22)15-23(13-16)21(24)18-8-5-9-18/h3-4,6-7,16,18,20H,2,5,8-15H2,1H3/t16-,20-/m0/s1. The molecule has 3 heteroatoms. The van der Waals surface area contributed by atoms with Crippen molar-refractivity contribution in [3.63, 3.8) is 0 Å². The number of aryl methyl sites for hydroxylation is 1. The molecule has 1 aromatic rings. The summed E-state index contributed by atoms with van der Waals surface area (Å²) in [5.41, 5.74) is 2.95. The molecule has 2 atom stereocenters. The van der Waals surface area contributed by atoms with Crippen LogP contribution in [0.25, 0.3) is 0 Å². The minimum Gasteiger partial charge on any atom is -0.341 e. The molecule has 4 fully saturated rings. The van der Waals surface area contributed by atoms with Crippen molar-refractivity contribution in [1.29, 1.82) is 0 Å². The normalized spacial score (nSPS) is 27.8. The van der Waals surface area contributed by atoms with Crippen LogP contribution >= 0.6 is 0 Å². The Balaban J connectivity index is 1.47. The lowest BCUT2D eigenvalue weighted by Crippen LogP contribution is -2.45. The highest BCUT2D eigenvalue weighted by Gasteiger charge is 2.39. The van der Waals surface area contributed by atoms with E-state index in [0.717, 1.165) is 45.4 Å². The van der Waals surface area contributed by atoms with Gasteiger partial charge in [-0.25, -0.2) is 0 Å². The maximum atomic E-state index is 12.7. The predicted octanol–water partition coefficient (Wildman–Crippen LogP) is 3.47. The third-order valence-corrected chi connectivity index (χ3v) is 6.47. The van der Waals surface area contributed by atoms with Crippen LogP contribution in [0.5, 0.6) is 0 Å². The Hall–Kier alpha value is -1.35. The largest absolute Gasteiger partial charge is 0.341 e. The smallest absolute Gasteiger partial charge is 0.225 e. The molecule has 1 aromatic carbocycles. The summed E-state index contributed by atoms with van der Waals surface area (Å²) in [6.07, 6.45) is 7.15. The zero-order chi connectivity index (χ0) is 16.5. The van der Waals surface area contributed by atoms with Gasteiger partial charge in [-0.1, -0.05) is 37.6 Å². The van der Waals surface area contributed by atoms with E-state index in [-0.39, 0.29) is 0 Å². The number of hydrogen-bond donors (Lipinski definition) is 0. The lowest BCUT2D eigenvalue weighted by Gasteiger charge is -2.36. The summed E-state index contributed by atoms with van der Waals surface area (Å²) in [4.78, 5) is 17.6. The Labute approximate surface area is 146 Å².